The fourth-order valence-electron chi connectivity index (χ4n) is 2.07. The average Bonchev–Trinajstić information content (AvgIpc) is 2.46. The summed E-state index contributed by atoms with van der Waals surface area (Å²) in [5.41, 5.74) is 7.61. The van der Waals surface area contributed by atoms with E-state index >= 15 is 0 Å². The normalized spacial score (nSPS) is 10.2. The Balaban J connectivity index is 2.42. The number of nitro benzene ring substituents is 1. The van der Waals surface area contributed by atoms with Crippen LogP contribution in [0.2, 0.25) is 0 Å². The van der Waals surface area contributed by atoms with Crippen LogP contribution in [0.5, 0.6) is 0 Å². The van der Waals surface area contributed by atoms with E-state index in [1.807, 2.05) is 25.1 Å². The Labute approximate surface area is 121 Å². The highest BCUT2D eigenvalue weighted by Crippen LogP contribution is 2.24. The first-order valence-corrected chi connectivity index (χ1v) is 6.29. The molecule has 0 atom stereocenters. The monoisotopic (exact) mass is 285 g/mol. The van der Waals surface area contributed by atoms with E-state index in [-0.39, 0.29) is 22.8 Å². The first-order valence-electron chi connectivity index (χ1n) is 6.29. The van der Waals surface area contributed by atoms with Gasteiger partial charge in [-0.15, -0.1) is 0 Å². The fourth-order valence-corrected chi connectivity index (χ4v) is 2.07. The largest absolute Gasteiger partial charge is 0.398 e. The van der Waals surface area contributed by atoms with Crippen molar-refractivity contribution in [1.29, 1.82) is 0 Å². The van der Waals surface area contributed by atoms with Crippen LogP contribution < -0.4 is 10.6 Å². The summed E-state index contributed by atoms with van der Waals surface area (Å²) in [6.07, 6.45) is 0. The van der Waals surface area contributed by atoms with Gasteiger partial charge in [0.05, 0.1) is 10.5 Å². The second kappa shape index (κ2) is 5.62. The van der Waals surface area contributed by atoms with Crippen LogP contribution in [0.15, 0.2) is 42.5 Å². The van der Waals surface area contributed by atoms with Crippen molar-refractivity contribution in [2.75, 3.05) is 17.7 Å². The van der Waals surface area contributed by atoms with Crippen LogP contribution in [0, 0.1) is 17.0 Å². The number of benzene rings is 2. The lowest BCUT2D eigenvalue weighted by Gasteiger charge is -2.20. The summed E-state index contributed by atoms with van der Waals surface area (Å²) in [5, 5.41) is 10.8. The van der Waals surface area contributed by atoms with Gasteiger partial charge < -0.3 is 10.6 Å². The highest BCUT2D eigenvalue weighted by atomic mass is 16.6. The Morgan fingerprint density at radius 2 is 1.90 bits per heavy atom. The molecule has 0 bridgehead atoms. The van der Waals surface area contributed by atoms with Gasteiger partial charge in [-0.05, 0) is 24.6 Å². The average molecular weight is 285 g/mol. The molecule has 0 fully saturated rings. The number of carbonyl (C=O) groups excluding carboxylic acids is 1. The molecule has 0 aliphatic carbocycles. The van der Waals surface area contributed by atoms with Crippen LogP contribution in [0.4, 0.5) is 17.1 Å². The third-order valence-electron chi connectivity index (χ3n) is 3.26. The van der Waals surface area contributed by atoms with Crippen molar-refractivity contribution in [3.05, 3.63) is 63.7 Å². The summed E-state index contributed by atoms with van der Waals surface area (Å²) in [7, 11) is 1.61. The molecule has 0 unspecified atom stereocenters. The summed E-state index contributed by atoms with van der Waals surface area (Å²) in [5.74, 6) is -0.384. The van der Waals surface area contributed by atoms with Gasteiger partial charge in [0, 0.05) is 30.6 Å². The predicted molar refractivity (Wildman–Crippen MR) is 81.4 cm³/mol. The Morgan fingerprint density at radius 1 is 1.24 bits per heavy atom. The molecule has 0 heterocycles. The lowest BCUT2D eigenvalue weighted by atomic mass is 10.1. The molecule has 6 heteroatoms. The number of carbonyl (C=O) groups is 1. The molecule has 108 valence electrons. The van der Waals surface area contributed by atoms with Gasteiger partial charge in [0.2, 0.25) is 0 Å². The fraction of sp³-hybridized carbons (Fsp3) is 0.133. The molecule has 0 spiro atoms. The molecule has 1 amide bonds. The number of nitrogens with two attached hydrogens (primary N) is 1. The predicted octanol–water partition coefficient (Wildman–Crippen LogP) is 2.76. The van der Waals surface area contributed by atoms with Crippen LogP contribution in [-0.4, -0.2) is 17.9 Å². The quantitative estimate of drug-likeness (QED) is 0.533. The summed E-state index contributed by atoms with van der Waals surface area (Å²) >= 11 is 0. The lowest BCUT2D eigenvalue weighted by molar-refractivity contribution is -0.384. The molecular weight excluding hydrogens is 270 g/mol. The van der Waals surface area contributed by atoms with Crippen LogP contribution in [-0.2, 0) is 0 Å². The number of nitrogen functional groups attached to an aromatic ring is 1. The summed E-state index contributed by atoms with van der Waals surface area (Å²) in [6.45, 7) is 1.88. The van der Waals surface area contributed by atoms with E-state index in [1.165, 1.54) is 23.1 Å². The van der Waals surface area contributed by atoms with E-state index in [9.17, 15) is 14.9 Å². The smallest absolute Gasteiger partial charge is 0.270 e. The van der Waals surface area contributed by atoms with Crippen molar-refractivity contribution in [3.8, 4) is 0 Å². The molecule has 0 aliphatic rings. The third-order valence-corrected chi connectivity index (χ3v) is 3.26. The minimum absolute atomic E-state index is 0.120. The maximum atomic E-state index is 12.5. The molecule has 2 aromatic rings. The molecule has 0 aromatic heterocycles. The number of amides is 1. The Bertz CT molecular complexity index is 713. The summed E-state index contributed by atoms with van der Waals surface area (Å²) in [4.78, 5) is 24.2. The van der Waals surface area contributed by atoms with E-state index < -0.39 is 4.92 Å². The van der Waals surface area contributed by atoms with Crippen LogP contribution in [0.1, 0.15) is 15.9 Å². The van der Waals surface area contributed by atoms with Gasteiger partial charge in [-0.1, -0.05) is 18.2 Å². The molecule has 0 saturated carbocycles. The highest BCUT2D eigenvalue weighted by Gasteiger charge is 2.20. The van der Waals surface area contributed by atoms with Crippen molar-refractivity contribution in [2.24, 2.45) is 0 Å². The number of para-hydroxylation sites is 1. The van der Waals surface area contributed by atoms with Gasteiger partial charge in [0.1, 0.15) is 0 Å². The number of hydrogen-bond acceptors (Lipinski definition) is 4. The molecule has 21 heavy (non-hydrogen) atoms. The van der Waals surface area contributed by atoms with E-state index in [2.05, 4.69) is 0 Å². The summed E-state index contributed by atoms with van der Waals surface area (Å²) in [6, 6.07) is 11.2. The van der Waals surface area contributed by atoms with E-state index in [0.29, 0.717) is 0 Å². The van der Waals surface area contributed by atoms with Crippen molar-refractivity contribution in [2.45, 2.75) is 6.92 Å². The second-order valence-electron chi connectivity index (χ2n) is 4.68. The zero-order valence-corrected chi connectivity index (χ0v) is 11.7. The van der Waals surface area contributed by atoms with Gasteiger partial charge in [-0.2, -0.15) is 0 Å². The maximum Gasteiger partial charge on any atom is 0.270 e. The zero-order valence-electron chi connectivity index (χ0n) is 11.7. The number of anilines is 2. The van der Waals surface area contributed by atoms with Crippen molar-refractivity contribution >= 4 is 23.0 Å². The van der Waals surface area contributed by atoms with E-state index in [1.54, 1.807) is 13.1 Å². The van der Waals surface area contributed by atoms with Crippen LogP contribution in [0.3, 0.4) is 0 Å². The first-order chi connectivity index (χ1) is 9.91. The second-order valence-corrected chi connectivity index (χ2v) is 4.68. The standard InChI is InChI=1S/C15H15N3O3/c1-10-5-3-4-6-14(10)17(2)15(19)12-9-11(18(20)21)7-8-13(12)16/h3-9H,16H2,1-2H3. The Hall–Kier alpha value is -2.89. The van der Waals surface area contributed by atoms with Crippen LogP contribution in [0.25, 0.3) is 0 Å². The maximum absolute atomic E-state index is 12.5. The highest BCUT2D eigenvalue weighted by molar-refractivity contribution is 6.09. The first kappa shape index (κ1) is 14.5. The van der Waals surface area contributed by atoms with E-state index in [4.69, 9.17) is 5.73 Å². The number of aryl methyl sites for hydroxylation is 1. The molecule has 0 saturated heterocycles. The summed E-state index contributed by atoms with van der Waals surface area (Å²) < 4.78 is 0. The zero-order chi connectivity index (χ0) is 15.6. The van der Waals surface area contributed by atoms with E-state index in [0.717, 1.165) is 11.3 Å². The number of nitro groups is 1. The van der Waals surface area contributed by atoms with Crippen LogP contribution >= 0.6 is 0 Å². The molecular formula is C15H15N3O3. The number of nitrogens with zero attached hydrogens (tertiary/aromatic N) is 2. The molecule has 0 aliphatic heterocycles. The van der Waals surface area contributed by atoms with Crippen molar-refractivity contribution < 1.29 is 9.72 Å². The third kappa shape index (κ3) is 2.84. The minimum Gasteiger partial charge on any atom is -0.398 e. The number of rotatable bonds is 3. The Kier molecular flexibility index (Phi) is 3.89. The molecule has 6 nitrogen and oxygen atoms in total. The molecule has 2 N–H and O–H groups in total. The van der Waals surface area contributed by atoms with Gasteiger partial charge in [0.15, 0.2) is 0 Å². The van der Waals surface area contributed by atoms with Crippen molar-refractivity contribution in [3.63, 3.8) is 0 Å². The topological polar surface area (TPSA) is 89.5 Å². The SMILES string of the molecule is Cc1ccccc1N(C)C(=O)c1cc([N+](=O)[O-])ccc1N. The molecule has 0 radical (unpaired) electrons. The van der Waals surface area contributed by atoms with Gasteiger partial charge in [0.25, 0.3) is 11.6 Å². The number of non-ortho nitro benzene ring substituents is 1. The number of hydrogen-bond donors (Lipinski definition) is 1. The Morgan fingerprint density at radius 3 is 2.52 bits per heavy atom. The van der Waals surface area contributed by atoms with Gasteiger partial charge in [-0.25, -0.2) is 0 Å². The van der Waals surface area contributed by atoms with Gasteiger partial charge >= 0.3 is 0 Å². The lowest BCUT2D eigenvalue weighted by Crippen LogP contribution is -2.27. The molecule has 2 aromatic carbocycles. The minimum atomic E-state index is -0.552. The molecule has 2 rings (SSSR count). The van der Waals surface area contributed by atoms with Crippen molar-refractivity contribution in [1.82, 2.24) is 0 Å². The van der Waals surface area contributed by atoms with Gasteiger partial charge in [-0.3, -0.25) is 14.9 Å².